The summed E-state index contributed by atoms with van der Waals surface area (Å²) in [4.78, 5) is 12.2. The maximum absolute atomic E-state index is 12.2. The number of methoxy groups -OCH3 is 3. The number of rotatable bonds is 7. The van der Waals surface area contributed by atoms with E-state index in [4.69, 9.17) is 14.2 Å². The minimum Gasteiger partial charge on any atom is -0.493 e. The van der Waals surface area contributed by atoms with Crippen LogP contribution >= 0.6 is 0 Å². The quantitative estimate of drug-likeness (QED) is 0.587. The summed E-state index contributed by atoms with van der Waals surface area (Å²) in [5, 5.41) is 14.8. The summed E-state index contributed by atoms with van der Waals surface area (Å²) in [6.45, 7) is 0. The Hall–Kier alpha value is -3.66. The van der Waals surface area contributed by atoms with Crippen LogP contribution in [-0.4, -0.2) is 27.2 Å². The Morgan fingerprint density at radius 2 is 1.62 bits per heavy atom. The van der Waals surface area contributed by atoms with Crippen molar-refractivity contribution in [3.8, 4) is 23.3 Å². The second-order valence-electron chi connectivity index (χ2n) is 5.05. The molecule has 1 amide bonds. The van der Waals surface area contributed by atoms with Gasteiger partial charge in [0.05, 0.1) is 21.3 Å². The number of hydrogen-bond donors (Lipinski definition) is 2. The van der Waals surface area contributed by atoms with Gasteiger partial charge in [0.25, 0.3) is 5.91 Å². The lowest BCUT2D eigenvalue weighted by molar-refractivity contribution is -0.112. The highest BCUT2D eigenvalue weighted by Gasteiger charge is 2.14. The van der Waals surface area contributed by atoms with E-state index in [1.807, 2.05) is 12.1 Å². The summed E-state index contributed by atoms with van der Waals surface area (Å²) in [7, 11) is 4.52. The van der Waals surface area contributed by atoms with Crippen molar-refractivity contribution < 1.29 is 19.0 Å². The van der Waals surface area contributed by atoms with Gasteiger partial charge in [-0.25, -0.2) is 0 Å². The third kappa shape index (κ3) is 4.45. The molecule has 7 nitrogen and oxygen atoms in total. The van der Waals surface area contributed by atoms with E-state index >= 15 is 0 Å². The fourth-order valence-corrected chi connectivity index (χ4v) is 2.19. The van der Waals surface area contributed by atoms with E-state index in [2.05, 4.69) is 10.6 Å². The standard InChI is InChI=1S/C19H19N3O4/c1-24-16-9-15(10-17(25-2)18(16)26-3)21-12-13(11-20)19(23)22-14-7-5-4-6-8-14/h4-10,12,21H,1-3H3,(H,22,23)/b13-12+. The van der Waals surface area contributed by atoms with Gasteiger partial charge in [-0.3, -0.25) is 4.79 Å². The lowest BCUT2D eigenvalue weighted by Gasteiger charge is -2.14. The molecule has 0 heterocycles. The van der Waals surface area contributed by atoms with E-state index in [0.29, 0.717) is 28.6 Å². The van der Waals surface area contributed by atoms with Crippen LogP contribution in [0.4, 0.5) is 11.4 Å². The monoisotopic (exact) mass is 353 g/mol. The van der Waals surface area contributed by atoms with Crippen LogP contribution in [0.3, 0.4) is 0 Å². The molecular formula is C19H19N3O4. The van der Waals surface area contributed by atoms with E-state index in [9.17, 15) is 10.1 Å². The Kier molecular flexibility index (Phi) is 6.46. The first kappa shape index (κ1) is 18.7. The van der Waals surface area contributed by atoms with Gasteiger partial charge in [0.15, 0.2) is 11.5 Å². The van der Waals surface area contributed by atoms with E-state index in [1.165, 1.54) is 27.5 Å². The van der Waals surface area contributed by atoms with Gasteiger partial charge in [0, 0.05) is 29.7 Å². The predicted molar refractivity (Wildman–Crippen MR) is 98.5 cm³/mol. The molecule has 2 rings (SSSR count). The van der Waals surface area contributed by atoms with Crippen LogP contribution in [0.25, 0.3) is 0 Å². The van der Waals surface area contributed by atoms with Crippen molar-refractivity contribution >= 4 is 17.3 Å². The lowest BCUT2D eigenvalue weighted by Crippen LogP contribution is -2.14. The molecule has 0 saturated heterocycles. The van der Waals surface area contributed by atoms with Gasteiger partial charge in [0.1, 0.15) is 11.6 Å². The summed E-state index contributed by atoms with van der Waals surface area (Å²) >= 11 is 0. The first-order valence-electron chi connectivity index (χ1n) is 7.66. The molecule has 2 N–H and O–H groups in total. The van der Waals surface area contributed by atoms with Crippen molar-refractivity contribution in [3.05, 3.63) is 54.2 Å². The van der Waals surface area contributed by atoms with Crippen molar-refractivity contribution in [1.82, 2.24) is 0 Å². The van der Waals surface area contributed by atoms with Crippen molar-refractivity contribution in [2.75, 3.05) is 32.0 Å². The van der Waals surface area contributed by atoms with Crippen molar-refractivity contribution in [2.45, 2.75) is 0 Å². The minimum atomic E-state index is -0.515. The van der Waals surface area contributed by atoms with E-state index in [1.54, 1.807) is 36.4 Å². The number of carbonyl (C=O) groups is 1. The van der Waals surface area contributed by atoms with Gasteiger partial charge < -0.3 is 24.8 Å². The second kappa shape index (κ2) is 8.99. The first-order chi connectivity index (χ1) is 12.6. The van der Waals surface area contributed by atoms with Gasteiger partial charge in [-0.15, -0.1) is 0 Å². The summed E-state index contributed by atoms with van der Waals surface area (Å²) in [5.74, 6) is 0.843. The zero-order chi connectivity index (χ0) is 18.9. The van der Waals surface area contributed by atoms with Gasteiger partial charge >= 0.3 is 0 Å². The van der Waals surface area contributed by atoms with Crippen LogP contribution in [-0.2, 0) is 4.79 Å². The zero-order valence-corrected chi connectivity index (χ0v) is 14.7. The van der Waals surface area contributed by atoms with Gasteiger partial charge in [-0.05, 0) is 12.1 Å². The number of para-hydroxylation sites is 1. The molecule has 2 aromatic carbocycles. The Bertz CT molecular complexity index is 817. The summed E-state index contributed by atoms with van der Waals surface area (Å²) in [6.07, 6.45) is 1.32. The molecule has 0 radical (unpaired) electrons. The molecule has 26 heavy (non-hydrogen) atoms. The predicted octanol–water partition coefficient (Wildman–Crippen LogP) is 3.17. The van der Waals surface area contributed by atoms with Crippen molar-refractivity contribution in [2.24, 2.45) is 0 Å². The zero-order valence-electron chi connectivity index (χ0n) is 14.7. The van der Waals surface area contributed by atoms with E-state index < -0.39 is 5.91 Å². The Labute approximate surface area is 151 Å². The number of carbonyl (C=O) groups excluding carboxylic acids is 1. The number of benzene rings is 2. The Balaban J connectivity index is 2.21. The molecule has 0 spiro atoms. The van der Waals surface area contributed by atoms with Gasteiger partial charge in [0.2, 0.25) is 5.75 Å². The topological polar surface area (TPSA) is 92.6 Å². The molecule has 0 bridgehead atoms. The summed E-state index contributed by atoms with van der Waals surface area (Å²) in [5.41, 5.74) is 1.09. The molecule has 0 aliphatic carbocycles. The smallest absolute Gasteiger partial charge is 0.267 e. The molecular weight excluding hydrogens is 334 g/mol. The van der Waals surface area contributed by atoms with E-state index in [-0.39, 0.29) is 5.57 Å². The van der Waals surface area contributed by atoms with E-state index in [0.717, 1.165) is 0 Å². The molecule has 0 fully saturated rings. The largest absolute Gasteiger partial charge is 0.493 e. The molecule has 0 aromatic heterocycles. The average molecular weight is 353 g/mol. The molecule has 134 valence electrons. The van der Waals surface area contributed by atoms with Gasteiger partial charge in [-0.2, -0.15) is 5.26 Å². The van der Waals surface area contributed by atoms with Crippen molar-refractivity contribution in [1.29, 1.82) is 5.26 Å². The minimum absolute atomic E-state index is 0.0809. The average Bonchev–Trinajstić information content (AvgIpc) is 2.68. The van der Waals surface area contributed by atoms with Crippen LogP contribution in [0.2, 0.25) is 0 Å². The van der Waals surface area contributed by atoms with Crippen molar-refractivity contribution in [3.63, 3.8) is 0 Å². The third-order valence-electron chi connectivity index (χ3n) is 3.44. The Morgan fingerprint density at radius 3 is 2.12 bits per heavy atom. The number of nitriles is 1. The van der Waals surface area contributed by atoms with Crippen LogP contribution in [0, 0.1) is 11.3 Å². The fourth-order valence-electron chi connectivity index (χ4n) is 2.19. The number of nitrogens with zero attached hydrogens (tertiary/aromatic N) is 1. The highest BCUT2D eigenvalue weighted by molar-refractivity contribution is 6.06. The van der Waals surface area contributed by atoms with Crippen LogP contribution in [0.5, 0.6) is 17.2 Å². The number of nitrogens with one attached hydrogen (secondary N) is 2. The normalized spacial score (nSPS) is 10.5. The molecule has 7 heteroatoms. The maximum atomic E-state index is 12.2. The maximum Gasteiger partial charge on any atom is 0.267 e. The highest BCUT2D eigenvalue weighted by Crippen LogP contribution is 2.39. The number of hydrogen-bond acceptors (Lipinski definition) is 6. The number of anilines is 2. The van der Waals surface area contributed by atoms with Crippen LogP contribution < -0.4 is 24.8 Å². The first-order valence-corrected chi connectivity index (χ1v) is 7.66. The number of ether oxygens (including phenoxy) is 3. The molecule has 0 aliphatic heterocycles. The second-order valence-corrected chi connectivity index (χ2v) is 5.05. The van der Waals surface area contributed by atoms with Crippen LogP contribution in [0.1, 0.15) is 0 Å². The molecule has 2 aromatic rings. The third-order valence-corrected chi connectivity index (χ3v) is 3.44. The summed E-state index contributed by atoms with van der Waals surface area (Å²) < 4.78 is 15.8. The van der Waals surface area contributed by atoms with Gasteiger partial charge in [-0.1, -0.05) is 18.2 Å². The fraction of sp³-hybridized carbons (Fsp3) is 0.158. The highest BCUT2D eigenvalue weighted by atomic mass is 16.5. The molecule has 0 unspecified atom stereocenters. The molecule has 0 atom stereocenters. The number of amides is 1. The molecule has 0 aliphatic rings. The Morgan fingerprint density at radius 1 is 1.00 bits per heavy atom. The lowest BCUT2D eigenvalue weighted by atomic mass is 10.2. The summed E-state index contributed by atoms with van der Waals surface area (Å²) in [6, 6.07) is 14.1. The molecule has 0 saturated carbocycles. The SMILES string of the molecule is COc1cc(N/C=C(\C#N)C(=O)Nc2ccccc2)cc(OC)c1OC. The van der Waals surface area contributed by atoms with Crippen LogP contribution in [0.15, 0.2) is 54.2 Å².